The second-order valence-electron chi connectivity index (χ2n) is 7.94. The molecule has 0 aromatic heterocycles. The number of nitrogens with zero attached hydrogens (tertiary/aromatic N) is 4. The molecule has 1 fully saturated rings. The molecule has 1 saturated heterocycles. The number of hydrogen-bond acceptors (Lipinski definition) is 7. The number of carboxylic acids is 1. The van der Waals surface area contributed by atoms with Gasteiger partial charge >= 0.3 is 5.97 Å². The average Bonchev–Trinajstić information content (AvgIpc) is 2.79. The number of aryl methyl sites for hydroxylation is 1. The number of benzene rings is 2. The van der Waals surface area contributed by atoms with Gasteiger partial charge in [-0.25, -0.2) is 0 Å². The Morgan fingerprint density at radius 2 is 1.52 bits per heavy atom. The maximum absolute atomic E-state index is 12.9. The van der Waals surface area contributed by atoms with E-state index >= 15 is 0 Å². The SMILES string of the molecule is Cc1ccc([C@H](CCC(=O)O)N2CCN(C(=O)c3cc([N+](=O)[O-])cc([N+](=O)[O-])c3)CC2)cc1. The molecule has 0 unspecified atom stereocenters. The van der Waals surface area contributed by atoms with Crippen LogP contribution in [0.1, 0.15) is 40.4 Å². The Kier molecular flexibility index (Phi) is 7.34. The summed E-state index contributed by atoms with van der Waals surface area (Å²) in [6.07, 6.45) is 0.429. The van der Waals surface area contributed by atoms with Gasteiger partial charge in [0.05, 0.1) is 21.5 Å². The molecule has 11 heteroatoms. The van der Waals surface area contributed by atoms with Crippen LogP contribution in [0, 0.1) is 27.2 Å². The summed E-state index contributed by atoms with van der Waals surface area (Å²) in [5, 5.41) is 31.4. The van der Waals surface area contributed by atoms with Gasteiger partial charge in [0.1, 0.15) is 0 Å². The molecule has 1 N–H and O–H groups in total. The lowest BCUT2D eigenvalue weighted by Gasteiger charge is -2.39. The van der Waals surface area contributed by atoms with E-state index in [1.165, 1.54) is 4.90 Å². The van der Waals surface area contributed by atoms with Crippen molar-refractivity contribution in [3.05, 3.63) is 79.4 Å². The van der Waals surface area contributed by atoms with E-state index in [1.807, 2.05) is 31.2 Å². The second kappa shape index (κ2) is 10.2. The minimum Gasteiger partial charge on any atom is -0.481 e. The smallest absolute Gasteiger partial charge is 0.303 e. The van der Waals surface area contributed by atoms with Crippen molar-refractivity contribution >= 4 is 23.3 Å². The van der Waals surface area contributed by atoms with E-state index in [4.69, 9.17) is 5.11 Å². The van der Waals surface area contributed by atoms with Crippen molar-refractivity contribution in [3.63, 3.8) is 0 Å². The molecule has 33 heavy (non-hydrogen) atoms. The highest BCUT2D eigenvalue weighted by Crippen LogP contribution is 2.28. The van der Waals surface area contributed by atoms with Gasteiger partial charge in [0.15, 0.2) is 0 Å². The second-order valence-corrected chi connectivity index (χ2v) is 7.94. The van der Waals surface area contributed by atoms with Crippen LogP contribution in [0.2, 0.25) is 0 Å². The summed E-state index contributed by atoms with van der Waals surface area (Å²) < 4.78 is 0. The molecular formula is C22H24N4O7. The standard InChI is InChI=1S/C22H24N4O7/c1-15-2-4-16(5-3-15)20(6-7-21(27)28)23-8-10-24(11-9-23)22(29)17-12-18(25(30)31)14-19(13-17)26(32)33/h2-5,12-14,20H,6-11H2,1H3,(H,27,28)/t20-/m0/s1. The lowest BCUT2D eigenvalue weighted by molar-refractivity contribution is -0.394. The van der Waals surface area contributed by atoms with E-state index in [1.54, 1.807) is 0 Å². The molecule has 1 amide bonds. The van der Waals surface area contributed by atoms with Crippen LogP contribution >= 0.6 is 0 Å². The van der Waals surface area contributed by atoms with Gasteiger partial charge in [-0.15, -0.1) is 0 Å². The van der Waals surface area contributed by atoms with Gasteiger partial charge in [0.25, 0.3) is 17.3 Å². The minimum atomic E-state index is -0.881. The van der Waals surface area contributed by atoms with E-state index in [-0.39, 0.29) is 18.0 Å². The highest BCUT2D eigenvalue weighted by Gasteiger charge is 2.29. The van der Waals surface area contributed by atoms with Gasteiger partial charge in [-0.2, -0.15) is 0 Å². The lowest BCUT2D eigenvalue weighted by Crippen LogP contribution is -2.49. The fourth-order valence-corrected chi connectivity index (χ4v) is 3.96. The summed E-state index contributed by atoms with van der Waals surface area (Å²) >= 11 is 0. The molecule has 0 aliphatic carbocycles. The first-order valence-corrected chi connectivity index (χ1v) is 10.4. The Morgan fingerprint density at radius 1 is 0.970 bits per heavy atom. The Labute approximate surface area is 189 Å². The monoisotopic (exact) mass is 456 g/mol. The van der Waals surface area contributed by atoms with Gasteiger partial charge in [-0.1, -0.05) is 29.8 Å². The van der Waals surface area contributed by atoms with E-state index in [0.29, 0.717) is 32.6 Å². The summed E-state index contributed by atoms with van der Waals surface area (Å²) in [6, 6.07) is 10.7. The molecule has 1 atom stereocenters. The van der Waals surface area contributed by atoms with Crippen LogP contribution in [0.3, 0.4) is 0 Å². The maximum Gasteiger partial charge on any atom is 0.303 e. The molecule has 0 bridgehead atoms. The van der Waals surface area contributed by atoms with Gasteiger partial charge in [0.2, 0.25) is 0 Å². The molecule has 1 aliphatic heterocycles. The zero-order chi connectivity index (χ0) is 24.1. The molecule has 3 rings (SSSR count). The first-order chi connectivity index (χ1) is 15.7. The first-order valence-electron chi connectivity index (χ1n) is 10.4. The van der Waals surface area contributed by atoms with Crippen LogP contribution in [-0.4, -0.2) is 62.8 Å². The van der Waals surface area contributed by atoms with Crippen molar-refractivity contribution in [2.75, 3.05) is 26.2 Å². The Hall–Kier alpha value is -3.86. The summed E-state index contributed by atoms with van der Waals surface area (Å²) in [5.41, 5.74) is 0.956. The number of piperazine rings is 1. The first kappa shape index (κ1) is 23.8. The third-order valence-electron chi connectivity index (χ3n) is 5.71. The highest BCUT2D eigenvalue weighted by molar-refractivity contribution is 5.95. The van der Waals surface area contributed by atoms with Crippen molar-refractivity contribution in [1.29, 1.82) is 0 Å². The van der Waals surface area contributed by atoms with Crippen LogP contribution in [0.4, 0.5) is 11.4 Å². The number of amides is 1. The number of carbonyl (C=O) groups excluding carboxylic acids is 1. The fourth-order valence-electron chi connectivity index (χ4n) is 3.96. The summed E-state index contributed by atoms with van der Waals surface area (Å²) in [6.45, 7) is 3.54. The van der Waals surface area contributed by atoms with Crippen LogP contribution < -0.4 is 0 Å². The average molecular weight is 456 g/mol. The number of nitro benzene ring substituents is 2. The predicted octanol–water partition coefficient (Wildman–Crippen LogP) is 3.18. The van der Waals surface area contributed by atoms with E-state index in [9.17, 15) is 29.8 Å². The van der Waals surface area contributed by atoms with Crippen molar-refractivity contribution in [2.45, 2.75) is 25.8 Å². The topological polar surface area (TPSA) is 147 Å². The molecule has 1 heterocycles. The van der Waals surface area contributed by atoms with E-state index in [0.717, 1.165) is 29.3 Å². The Bertz CT molecular complexity index is 1030. The zero-order valence-corrected chi connectivity index (χ0v) is 18.0. The predicted molar refractivity (Wildman–Crippen MR) is 118 cm³/mol. The summed E-state index contributed by atoms with van der Waals surface area (Å²) in [4.78, 5) is 48.4. The molecule has 174 valence electrons. The molecule has 1 aliphatic rings. The number of non-ortho nitro benzene ring substituents is 2. The molecule has 0 radical (unpaired) electrons. The van der Waals surface area contributed by atoms with Crippen molar-refractivity contribution in [2.24, 2.45) is 0 Å². The van der Waals surface area contributed by atoms with Gasteiger partial charge < -0.3 is 10.0 Å². The Morgan fingerprint density at radius 3 is 2.00 bits per heavy atom. The number of aliphatic carboxylic acids is 1. The normalized spacial score (nSPS) is 15.1. The largest absolute Gasteiger partial charge is 0.481 e. The third kappa shape index (κ3) is 5.89. The number of rotatable bonds is 8. The van der Waals surface area contributed by atoms with E-state index < -0.39 is 33.1 Å². The molecule has 2 aromatic carbocycles. The minimum absolute atomic E-state index is 0.00897. The zero-order valence-electron chi connectivity index (χ0n) is 18.0. The summed E-state index contributed by atoms with van der Waals surface area (Å²) in [5.74, 6) is -1.40. The van der Waals surface area contributed by atoms with E-state index in [2.05, 4.69) is 4.90 Å². The van der Waals surface area contributed by atoms with Crippen molar-refractivity contribution in [3.8, 4) is 0 Å². The Balaban J connectivity index is 1.75. The van der Waals surface area contributed by atoms with Crippen molar-refractivity contribution < 1.29 is 24.5 Å². The molecule has 0 saturated carbocycles. The number of nitro groups is 2. The van der Waals surface area contributed by atoms with Crippen molar-refractivity contribution in [1.82, 2.24) is 9.80 Å². The van der Waals surface area contributed by atoms with Gasteiger partial charge in [0, 0.05) is 50.8 Å². The quantitative estimate of drug-likeness (QED) is 0.470. The van der Waals surface area contributed by atoms with Gasteiger partial charge in [-0.3, -0.25) is 34.7 Å². The van der Waals surface area contributed by atoms with Crippen LogP contribution in [-0.2, 0) is 4.79 Å². The van der Waals surface area contributed by atoms with Crippen LogP contribution in [0.5, 0.6) is 0 Å². The highest BCUT2D eigenvalue weighted by atomic mass is 16.6. The number of carbonyl (C=O) groups is 2. The third-order valence-corrected chi connectivity index (χ3v) is 5.71. The lowest BCUT2D eigenvalue weighted by atomic mass is 9.98. The summed E-state index contributed by atoms with van der Waals surface area (Å²) in [7, 11) is 0. The number of hydrogen-bond donors (Lipinski definition) is 1. The van der Waals surface area contributed by atoms with Crippen LogP contribution in [0.25, 0.3) is 0 Å². The fraction of sp³-hybridized carbons (Fsp3) is 0.364. The van der Waals surface area contributed by atoms with Crippen LogP contribution in [0.15, 0.2) is 42.5 Å². The molecule has 0 spiro atoms. The molecular weight excluding hydrogens is 432 g/mol. The molecule has 2 aromatic rings. The maximum atomic E-state index is 12.9. The van der Waals surface area contributed by atoms with Gasteiger partial charge in [-0.05, 0) is 18.9 Å². The number of carboxylic acid groups (broad SMARTS) is 1. The molecule has 11 nitrogen and oxygen atoms in total.